The average Bonchev–Trinajstić information content (AvgIpc) is 2.81. The van der Waals surface area contributed by atoms with Crippen molar-refractivity contribution in [2.75, 3.05) is 4.72 Å². The molecule has 0 spiro atoms. The Morgan fingerprint density at radius 3 is 2.50 bits per heavy atom. The third-order valence-electron chi connectivity index (χ3n) is 3.10. The maximum atomic E-state index is 12.3. The highest BCUT2D eigenvalue weighted by molar-refractivity contribution is 7.92. The Hall–Kier alpha value is -2.27. The van der Waals surface area contributed by atoms with Gasteiger partial charge in [0, 0.05) is 16.6 Å². The lowest BCUT2D eigenvalue weighted by Crippen LogP contribution is -2.12. The van der Waals surface area contributed by atoms with Gasteiger partial charge >= 0.3 is 0 Å². The fourth-order valence-corrected chi connectivity index (χ4v) is 3.29. The molecular weight excluding hydrogens is 272 g/mol. The number of hydrogen-bond donors (Lipinski definition) is 2. The van der Waals surface area contributed by atoms with Gasteiger partial charge in [-0.2, -0.15) is 0 Å². The van der Waals surface area contributed by atoms with Crippen molar-refractivity contribution in [1.82, 2.24) is 4.98 Å². The summed E-state index contributed by atoms with van der Waals surface area (Å²) in [5.74, 6) is 0. The molecule has 0 fully saturated rings. The van der Waals surface area contributed by atoms with Crippen molar-refractivity contribution in [2.24, 2.45) is 0 Å². The standard InChI is InChI=1S/C15H14N2O2S/c1-11-10-13-14(16-11)8-5-9-15(13)17-20(18,19)12-6-3-2-4-7-12/h2-10,16-17H,1H3. The number of aromatic nitrogens is 1. The molecule has 0 bridgehead atoms. The molecular formula is C15H14N2O2S. The second-order valence-electron chi connectivity index (χ2n) is 4.64. The van der Waals surface area contributed by atoms with E-state index in [1.165, 1.54) is 0 Å². The third kappa shape index (κ3) is 2.28. The first-order valence-electron chi connectivity index (χ1n) is 6.22. The smallest absolute Gasteiger partial charge is 0.261 e. The maximum Gasteiger partial charge on any atom is 0.261 e. The lowest BCUT2D eigenvalue weighted by molar-refractivity contribution is 0.601. The highest BCUT2D eigenvalue weighted by Crippen LogP contribution is 2.26. The van der Waals surface area contributed by atoms with Crippen LogP contribution in [0.25, 0.3) is 10.9 Å². The molecule has 0 saturated heterocycles. The minimum atomic E-state index is -3.56. The summed E-state index contributed by atoms with van der Waals surface area (Å²) in [5.41, 5.74) is 2.48. The Labute approximate surface area is 117 Å². The highest BCUT2D eigenvalue weighted by atomic mass is 32.2. The zero-order valence-electron chi connectivity index (χ0n) is 10.9. The summed E-state index contributed by atoms with van der Waals surface area (Å²) in [7, 11) is -3.56. The van der Waals surface area contributed by atoms with Crippen molar-refractivity contribution < 1.29 is 8.42 Å². The average molecular weight is 286 g/mol. The molecule has 0 aliphatic carbocycles. The number of aryl methyl sites for hydroxylation is 1. The molecule has 2 N–H and O–H groups in total. The predicted molar refractivity (Wildman–Crippen MR) is 80.3 cm³/mol. The number of benzene rings is 2. The van der Waals surface area contributed by atoms with Crippen LogP contribution in [0.3, 0.4) is 0 Å². The lowest BCUT2D eigenvalue weighted by Gasteiger charge is -2.09. The van der Waals surface area contributed by atoms with Crippen LogP contribution in [0.15, 0.2) is 59.5 Å². The molecule has 0 saturated carbocycles. The van der Waals surface area contributed by atoms with Crippen molar-refractivity contribution in [2.45, 2.75) is 11.8 Å². The number of fused-ring (bicyclic) bond motifs is 1. The molecule has 2 aromatic carbocycles. The Balaban J connectivity index is 2.05. The van der Waals surface area contributed by atoms with Crippen LogP contribution in [0.1, 0.15) is 5.69 Å². The van der Waals surface area contributed by atoms with Gasteiger partial charge in [-0.3, -0.25) is 4.72 Å². The van der Waals surface area contributed by atoms with Crippen molar-refractivity contribution in [3.63, 3.8) is 0 Å². The van der Waals surface area contributed by atoms with Crippen molar-refractivity contribution in [3.05, 3.63) is 60.3 Å². The highest BCUT2D eigenvalue weighted by Gasteiger charge is 2.15. The Bertz CT molecular complexity index is 852. The zero-order chi connectivity index (χ0) is 14.2. The van der Waals surface area contributed by atoms with Gasteiger partial charge < -0.3 is 4.98 Å². The molecule has 5 heteroatoms. The van der Waals surface area contributed by atoms with Crippen molar-refractivity contribution in [3.8, 4) is 0 Å². The third-order valence-corrected chi connectivity index (χ3v) is 4.48. The maximum absolute atomic E-state index is 12.3. The van der Waals surface area contributed by atoms with Crippen molar-refractivity contribution in [1.29, 1.82) is 0 Å². The topological polar surface area (TPSA) is 62.0 Å². The van der Waals surface area contributed by atoms with Crippen LogP contribution in [-0.4, -0.2) is 13.4 Å². The van der Waals surface area contributed by atoms with E-state index in [1.54, 1.807) is 36.4 Å². The second kappa shape index (κ2) is 4.68. The monoisotopic (exact) mass is 286 g/mol. The zero-order valence-corrected chi connectivity index (χ0v) is 11.7. The van der Waals surface area contributed by atoms with E-state index in [4.69, 9.17) is 0 Å². The molecule has 20 heavy (non-hydrogen) atoms. The SMILES string of the molecule is Cc1cc2c(NS(=O)(=O)c3ccccc3)cccc2[nH]1. The normalized spacial score (nSPS) is 11.7. The lowest BCUT2D eigenvalue weighted by atomic mass is 10.2. The molecule has 0 amide bonds. The summed E-state index contributed by atoms with van der Waals surface area (Å²) in [4.78, 5) is 3.44. The largest absolute Gasteiger partial charge is 0.359 e. The van der Waals surface area contributed by atoms with E-state index < -0.39 is 10.0 Å². The van der Waals surface area contributed by atoms with Crippen LogP contribution in [0.5, 0.6) is 0 Å². The fraction of sp³-hybridized carbons (Fsp3) is 0.0667. The first kappa shape index (κ1) is 12.7. The Morgan fingerprint density at radius 2 is 1.75 bits per heavy atom. The summed E-state index contributed by atoms with van der Waals surface area (Å²) < 4.78 is 27.3. The van der Waals surface area contributed by atoms with Gasteiger partial charge in [0.05, 0.1) is 10.6 Å². The Morgan fingerprint density at radius 1 is 1.00 bits per heavy atom. The summed E-state index contributed by atoms with van der Waals surface area (Å²) in [6.07, 6.45) is 0. The first-order chi connectivity index (χ1) is 9.56. The van der Waals surface area contributed by atoms with E-state index in [-0.39, 0.29) is 4.90 Å². The van der Waals surface area contributed by atoms with Gasteiger partial charge in [-0.25, -0.2) is 8.42 Å². The number of anilines is 1. The molecule has 1 aromatic heterocycles. The van der Waals surface area contributed by atoms with Gasteiger partial charge in [0.1, 0.15) is 0 Å². The van der Waals surface area contributed by atoms with E-state index in [2.05, 4.69) is 9.71 Å². The molecule has 0 unspecified atom stereocenters. The predicted octanol–water partition coefficient (Wildman–Crippen LogP) is 3.28. The van der Waals surface area contributed by atoms with E-state index in [0.29, 0.717) is 5.69 Å². The quantitative estimate of drug-likeness (QED) is 0.776. The van der Waals surface area contributed by atoms with Crippen LogP contribution in [0.2, 0.25) is 0 Å². The van der Waals surface area contributed by atoms with Gasteiger partial charge in [0.15, 0.2) is 0 Å². The summed E-state index contributed by atoms with van der Waals surface area (Å²) >= 11 is 0. The van der Waals surface area contributed by atoms with E-state index in [0.717, 1.165) is 16.6 Å². The fourth-order valence-electron chi connectivity index (χ4n) is 2.19. The van der Waals surface area contributed by atoms with Crippen LogP contribution in [0.4, 0.5) is 5.69 Å². The number of hydrogen-bond acceptors (Lipinski definition) is 2. The number of rotatable bonds is 3. The number of nitrogens with one attached hydrogen (secondary N) is 2. The minimum absolute atomic E-state index is 0.254. The van der Waals surface area contributed by atoms with Crippen LogP contribution < -0.4 is 4.72 Å². The first-order valence-corrected chi connectivity index (χ1v) is 7.71. The van der Waals surface area contributed by atoms with E-state index in [1.807, 2.05) is 25.1 Å². The molecule has 0 radical (unpaired) electrons. The summed E-state index contributed by atoms with van der Waals surface area (Å²) in [6.45, 7) is 1.94. The molecule has 3 rings (SSSR count). The Kier molecular flexibility index (Phi) is 2.99. The van der Waals surface area contributed by atoms with Gasteiger partial charge in [-0.05, 0) is 37.3 Å². The molecule has 0 atom stereocenters. The minimum Gasteiger partial charge on any atom is -0.359 e. The number of aromatic amines is 1. The number of sulfonamides is 1. The van der Waals surface area contributed by atoms with Crippen LogP contribution in [0, 0.1) is 6.92 Å². The number of H-pyrrole nitrogens is 1. The van der Waals surface area contributed by atoms with Crippen molar-refractivity contribution >= 4 is 26.6 Å². The van der Waals surface area contributed by atoms with Gasteiger partial charge in [-0.1, -0.05) is 24.3 Å². The van der Waals surface area contributed by atoms with Crippen LogP contribution >= 0.6 is 0 Å². The van der Waals surface area contributed by atoms with Gasteiger partial charge in [0.2, 0.25) is 0 Å². The van der Waals surface area contributed by atoms with E-state index in [9.17, 15) is 8.42 Å². The van der Waals surface area contributed by atoms with Crippen LogP contribution in [-0.2, 0) is 10.0 Å². The molecule has 0 aliphatic heterocycles. The molecule has 102 valence electrons. The second-order valence-corrected chi connectivity index (χ2v) is 6.32. The van der Waals surface area contributed by atoms with Gasteiger partial charge in [-0.15, -0.1) is 0 Å². The summed E-state index contributed by atoms with van der Waals surface area (Å²) in [6, 6.07) is 15.8. The molecule has 0 aliphatic rings. The summed E-state index contributed by atoms with van der Waals surface area (Å²) in [5, 5.41) is 0.865. The molecule has 1 heterocycles. The molecule has 3 aromatic rings. The molecule has 4 nitrogen and oxygen atoms in total. The van der Waals surface area contributed by atoms with E-state index >= 15 is 0 Å². The van der Waals surface area contributed by atoms with Gasteiger partial charge in [0.25, 0.3) is 10.0 Å².